The third-order valence-electron chi connectivity index (χ3n) is 4.11. The number of hydrogen-bond donors (Lipinski definition) is 0. The van der Waals surface area contributed by atoms with Crippen LogP contribution in [0.2, 0.25) is 0 Å². The molecule has 1 nitrogen and oxygen atoms in total. The molecule has 0 aliphatic rings. The SMILES string of the molecule is CCCCc1cccc(CCCC)c1OCc1ccccc1Br. The largest absolute Gasteiger partial charge is 0.488 e. The van der Waals surface area contributed by atoms with Crippen LogP contribution in [0.3, 0.4) is 0 Å². The molecule has 0 fully saturated rings. The molecular formula is C21H27BrO. The summed E-state index contributed by atoms with van der Waals surface area (Å²) < 4.78 is 7.41. The first kappa shape index (κ1) is 18.1. The average Bonchev–Trinajstić information content (AvgIpc) is 2.58. The van der Waals surface area contributed by atoms with Crippen molar-refractivity contribution in [2.45, 2.75) is 59.0 Å². The van der Waals surface area contributed by atoms with Gasteiger partial charge in [0.05, 0.1) is 0 Å². The first-order valence-electron chi connectivity index (χ1n) is 8.73. The molecular weight excluding hydrogens is 348 g/mol. The lowest BCUT2D eigenvalue weighted by Gasteiger charge is -2.16. The Morgan fingerprint density at radius 3 is 1.91 bits per heavy atom. The van der Waals surface area contributed by atoms with E-state index in [0.29, 0.717) is 6.61 Å². The predicted octanol–water partition coefficient (Wildman–Crippen LogP) is 6.71. The molecule has 0 saturated heterocycles. The Balaban J connectivity index is 2.20. The number of unbranched alkanes of at least 4 members (excludes halogenated alkanes) is 2. The number of hydrogen-bond acceptors (Lipinski definition) is 1. The summed E-state index contributed by atoms with van der Waals surface area (Å²) in [7, 11) is 0. The summed E-state index contributed by atoms with van der Waals surface area (Å²) in [6.07, 6.45) is 7.04. The van der Waals surface area contributed by atoms with Crippen LogP contribution in [0.4, 0.5) is 0 Å². The van der Waals surface area contributed by atoms with E-state index < -0.39 is 0 Å². The smallest absolute Gasteiger partial charge is 0.126 e. The van der Waals surface area contributed by atoms with Crippen molar-refractivity contribution in [1.29, 1.82) is 0 Å². The monoisotopic (exact) mass is 374 g/mol. The lowest BCUT2D eigenvalue weighted by Crippen LogP contribution is -2.03. The molecule has 0 N–H and O–H groups in total. The van der Waals surface area contributed by atoms with E-state index in [-0.39, 0.29) is 0 Å². The number of ether oxygens (including phenoxy) is 1. The number of aryl methyl sites for hydroxylation is 2. The molecule has 0 unspecified atom stereocenters. The van der Waals surface area contributed by atoms with Gasteiger partial charge in [0, 0.05) is 10.0 Å². The maximum absolute atomic E-state index is 6.30. The van der Waals surface area contributed by atoms with Gasteiger partial charge >= 0.3 is 0 Å². The fraction of sp³-hybridized carbons (Fsp3) is 0.429. The van der Waals surface area contributed by atoms with Crippen molar-refractivity contribution in [3.63, 3.8) is 0 Å². The molecule has 0 atom stereocenters. The van der Waals surface area contributed by atoms with Gasteiger partial charge < -0.3 is 4.74 Å². The van der Waals surface area contributed by atoms with Gasteiger partial charge in [0.25, 0.3) is 0 Å². The topological polar surface area (TPSA) is 9.23 Å². The molecule has 0 aromatic heterocycles. The van der Waals surface area contributed by atoms with Gasteiger partial charge in [-0.3, -0.25) is 0 Å². The third kappa shape index (κ3) is 5.39. The summed E-state index contributed by atoms with van der Waals surface area (Å²) in [6.45, 7) is 5.09. The standard InChI is InChI=1S/C21H27BrO/c1-3-5-10-17-13-9-14-18(11-6-4-2)21(17)23-16-19-12-7-8-15-20(19)22/h7-9,12-15H,3-6,10-11,16H2,1-2H3. The molecule has 2 aromatic carbocycles. The minimum atomic E-state index is 0.615. The zero-order chi connectivity index (χ0) is 16.5. The number of rotatable bonds is 9. The quantitative estimate of drug-likeness (QED) is 0.473. The summed E-state index contributed by atoms with van der Waals surface area (Å²) in [5.41, 5.74) is 3.90. The molecule has 0 heterocycles. The molecule has 0 spiro atoms. The highest BCUT2D eigenvalue weighted by molar-refractivity contribution is 9.10. The normalized spacial score (nSPS) is 10.7. The molecule has 0 radical (unpaired) electrons. The molecule has 0 aliphatic carbocycles. The summed E-state index contributed by atoms with van der Waals surface area (Å²) in [6, 6.07) is 14.9. The fourth-order valence-corrected chi connectivity index (χ4v) is 3.12. The second-order valence-electron chi connectivity index (χ2n) is 5.99. The maximum Gasteiger partial charge on any atom is 0.126 e. The summed E-state index contributed by atoms with van der Waals surface area (Å²) in [4.78, 5) is 0. The number of para-hydroxylation sites is 1. The van der Waals surface area contributed by atoms with E-state index in [2.05, 4.69) is 66.2 Å². The molecule has 124 valence electrons. The van der Waals surface area contributed by atoms with E-state index in [1.807, 2.05) is 6.07 Å². The van der Waals surface area contributed by atoms with Crippen LogP contribution in [0.1, 0.15) is 56.2 Å². The van der Waals surface area contributed by atoms with Gasteiger partial charge in [0.15, 0.2) is 0 Å². The van der Waals surface area contributed by atoms with E-state index in [4.69, 9.17) is 4.74 Å². The minimum absolute atomic E-state index is 0.615. The van der Waals surface area contributed by atoms with Crippen molar-refractivity contribution in [2.24, 2.45) is 0 Å². The van der Waals surface area contributed by atoms with Crippen molar-refractivity contribution < 1.29 is 4.74 Å². The average molecular weight is 375 g/mol. The van der Waals surface area contributed by atoms with Crippen LogP contribution in [0.25, 0.3) is 0 Å². The van der Waals surface area contributed by atoms with Gasteiger partial charge in [-0.2, -0.15) is 0 Å². The number of halogens is 1. The highest BCUT2D eigenvalue weighted by atomic mass is 79.9. The molecule has 2 heteroatoms. The zero-order valence-corrected chi connectivity index (χ0v) is 15.9. The van der Waals surface area contributed by atoms with Gasteiger partial charge in [-0.15, -0.1) is 0 Å². The van der Waals surface area contributed by atoms with Crippen LogP contribution < -0.4 is 4.74 Å². The van der Waals surface area contributed by atoms with Crippen molar-refractivity contribution in [2.75, 3.05) is 0 Å². The van der Waals surface area contributed by atoms with E-state index >= 15 is 0 Å². The molecule has 0 bridgehead atoms. The Kier molecular flexibility index (Phi) is 7.67. The Morgan fingerprint density at radius 1 is 0.783 bits per heavy atom. The lowest BCUT2D eigenvalue weighted by molar-refractivity contribution is 0.298. The van der Waals surface area contributed by atoms with Gasteiger partial charge in [-0.25, -0.2) is 0 Å². The second-order valence-corrected chi connectivity index (χ2v) is 6.85. The maximum atomic E-state index is 6.30. The summed E-state index contributed by atoms with van der Waals surface area (Å²) in [5, 5.41) is 0. The van der Waals surface area contributed by atoms with Crippen molar-refractivity contribution in [3.8, 4) is 5.75 Å². The van der Waals surface area contributed by atoms with Crippen LogP contribution in [0, 0.1) is 0 Å². The van der Waals surface area contributed by atoms with Crippen molar-refractivity contribution in [1.82, 2.24) is 0 Å². The Labute approximate surface area is 149 Å². The fourth-order valence-electron chi connectivity index (χ4n) is 2.72. The van der Waals surface area contributed by atoms with Crippen LogP contribution in [0.5, 0.6) is 5.75 Å². The Bertz CT molecular complexity index is 580. The lowest BCUT2D eigenvalue weighted by atomic mass is 10.00. The highest BCUT2D eigenvalue weighted by Crippen LogP contribution is 2.29. The van der Waals surface area contributed by atoms with Crippen molar-refractivity contribution in [3.05, 3.63) is 63.6 Å². The summed E-state index contributed by atoms with van der Waals surface area (Å²) in [5.74, 6) is 1.12. The first-order chi connectivity index (χ1) is 11.3. The minimum Gasteiger partial charge on any atom is -0.488 e. The molecule has 0 amide bonds. The zero-order valence-electron chi connectivity index (χ0n) is 14.3. The van der Waals surface area contributed by atoms with Crippen molar-refractivity contribution >= 4 is 15.9 Å². The van der Waals surface area contributed by atoms with E-state index in [1.54, 1.807) is 0 Å². The van der Waals surface area contributed by atoms with E-state index in [9.17, 15) is 0 Å². The molecule has 23 heavy (non-hydrogen) atoms. The van der Waals surface area contributed by atoms with E-state index in [1.165, 1.54) is 42.4 Å². The molecule has 0 saturated carbocycles. The second kappa shape index (κ2) is 9.77. The summed E-state index contributed by atoms with van der Waals surface area (Å²) >= 11 is 3.61. The van der Waals surface area contributed by atoms with E-state index in [0.717, 1.165) is 23.1 Å². The molecule has 0 aliphatic heterocycles. The molecule has 2 aromatic rings. The van der Waals surface area contributed by atoms with Gasteiger partial charge in [-0.05, 0) is 42.9 Å². The van der Waals surface area contributed by atoms with Crippen LogP contribution >= 0.6 is 15.9 Å². The van der Waals surface area contributed by atoms with Crippen LogP contribution in [-0.2, 0) is 19.4 Å². The highest BCUT2D eigenvalue weighted by Gasteiger charge is 2.10. The Morgan fingerprint density at radius 2 is 1.35 bits per heavy atom. The molecule has 2 rings (SSSR count). The Hall–Kier alpha value is -1.28. The van der Waals surface area contributed by atoms with Crippen LogP contribution in [-0.4, -0.2) is 0 Å². The first-order valence-corrected chi connectivity index (χ1v) is 9.52. The van der Waals surface area contributed by atoms with Gasteiger partial charge in [0.1, 0.15) is 12.4 Å². The van der Waals surface area contributed by atoms with Gasteiger partial charge in [-0.1, -0.05) is 79.0 Å². The van der Waals surface area contributed by atoms with Gasteiger partial charge in [0.2, 0.25) is 0 Å². The predicted molar refractivity (Wildman–Crippen MR) is 102 cm³/mol. The third-order valence-corrected chi connectivity index (χ3v) is 4.88. The van der Waals surface area contributed by atoms with Crippen LogP contribution in [0.15, 0.2) is 46.9 Å². The number of benzene rings is 2.